The molecule has 0 spiro atoms. The number of hydrogen-bond acceptors (Lipinski definition) is 3. The molecule has 54 valence electrons. The third-order valence-electron chi connectivity index (χ3n) is 1.76. The molecule has 0 aromatic heterocycles. The molecule has 0 aromatic carbocycles. The highest BCUT2D eigenvalue weighted by Gasteiger charge is 2.27. The monoisotopic (exact) mass is 131 g/mol. The van der Waals surface area contributed by atoms with Gasteiger partial charge in [0.15, 0.2) is 5.79 Å². The summed E-state index contributed by atoms with van der Waals surface area (Å²) < 4.78 is 4.89. The number of rotatable bonds is 1. The zero-order valence-electron chi connectivity index (χ0n) is 5.68. The Morgan fingerprint density at radius 1 is 1.44 bits per heavy atom. The first-order valence-corrected chi connectivity index (χ1v) is 3.25. The van der Waals surface area contributed by atoms with Crippen molar-refractivity contribution in [3.63, 3.8) is 0 Å². The van der Waals surface area contributed by atoms with Crippen LogP contribution in [0.4, 0.5) is 0 Å². The highest BCUT2D eigenvalue weighted by Crippen LogP contribution is 2.17. The van der Waals surface area contributed by atoms with E-state index in [0.29, 0.717) is 12.8 Å². The lowest BCUT2D eigenvalue weighted by atomic mass is 10.1. The highest BCUT2D eigenvalue weighted by molar-refractivity contribution is 4.74. The molecule has 1 heterocycles. The predicted octanol–water partition coefficient (Wildman–Crippen LogP) is -0.295. The first-order chi connectivity index (χ1) is 4.27. The van der Waals surface area contributed by atoms with E-state index in [4.69, 9.17) is 4.74 Å². The van der Waals surface area contributed by atoms with E-state index >= 15 is 0 Å². The fourth-order valence-electron chi connectivity index (χ4n) is 1.02. The van der Waals surface area contributed by atoms with Crippen molar-refractivity contribution in [2.75, 3.05) is 20.2 Å². The van der Waals surface area contributed by atoms with E-state index in [1.54, 1.807) is 7.11 Å². The zero-order chi connectivity index (χ0) is 6.74. The molecule has 3 heteroatoms. The molecule has 9 heavy (non-hydrogen) atoms. The summed E-state index contributed by atoms with van der Waals surface area (Å²) in [7, 11) is 1.55. The first kappa shape index (κ1) is 6.99. The molecule has 0 radical (unpaired) electrons. The highest BCUT2D eigenvalue weighted by atomic mass is 16.6. The second-order valence-electron chi connectivity index (χ2n) is 2.40. The average Bonchev–Trinajstić information content (AvgIpc) is 1.90. The van der Waals surface area contributed by atoms with Crippen molar-refractivity contribution in [1.29, 1.82) is 0 Å². The number of nitrogens with one attached hydrogen (secondary N) is 1. The van der Waals surface area contributed by atoms with Crippen LogP contribution in [0.15, 0.2) is 0 Å². The molecule has 0 aliphatic carbocycles. The zero-order valence-corrected chi connectivity index (χ0v) is 5.68. The predicted molar refractivity (Wildman–Crippen MR) is 34.1 cm³/mol. The Labute approximate surface area is 55.0 Å². The third-order valence-corrected chi connectivity index (χ3v) is 1.76. The van der Waals surface area contributed by atoms with Gasteiger partial charge < -0.3 is 15.2 Å². The van der Waals surface area contributed by atoms with E-state index in [-0.39, 0.29) is 0 Å². The van der Waals surface area contributed by atoms with E-state index in [1.165, 1.54) is 0 Å². The number of hydrogen-bond donors (Lipinski definition) is 2. The lowest BCUT2D eigenvalue weighted by molar-refractivity contribution is -0.199. The van der Waals surface area contributed by atoms with Crippen LogP contribution in [0.25, 0.3) is 0 Å². The average molecular weight is 131 g/mol. The minimum Gasteiger partial charge on any atom is -0.365 e. The Hall–Kier alpha value is -0.120. The van der Waals surface area contributed by atoms with Crippen molar-refractivity contribution in [1.82, 2.24) is 5.32 Å². The van der Waals surface area contributed by atoms with Crippen LogP contribution in [0.2, 0.25) is 0 Å². The van der Waals surface area contributed by atoms with Gasteiger partial charge in [-0.05, 0) is 0 Å². The molecule has 0 bridgehead atoms. The molecule has 1 aliphatic heterocycles. The molecule has 0 unspecified atom stereocenters. The fourth-order valence-corrected chi connectivity index (χ4v) is 1.02. The largest absolute Gasteiger partial charge is 0.365 e. The van der Waals surface area contributed by atoms with Crippen LogP contribution in [0, 0.1) is 0 Å². The molecule has 0 amide bonds. The van der Waals surface area contributed by atoms with Gasteiger partial charge in [0, 0.05) is 33.0 Å². The second kappa shape index (κ2) is 2.64. The molecule has 0 atom stereocenters. The van der Waals surface area contributed by atoms with Crippen molar-refractivity contribution in [3.8, 4) is 0 Å². The van der Waals surface area contributed by atoms with Crippen molar-refractivity contribution >= 4 is 0 Å². The maximum absolute atomic E-state index is 9.42. The quantitative estimate of drug-likeness (QED) is 0.480. The Balaban J connectivity index is 2.37. The van der Waals surface area contributed by atoms with E-state index in [2.05, 4.69) is 5.32 Å². The van der Waals surface area contributed by atoms with Crippen molar-refractivity contribution in [3.05, 3.63) is 0 Å². The van der Waals surface area contributed by atoms with Crippen LogP contribution in [-0.4, -0.2) is 31.1 Å². The smallest absolute Gasteiger partial charge is 0.167 e. The Kier molecular flexibility index (Phi) is 2.05. The molecule has 3 nitrogen and oxygen atoms in total. The van der Waals surface area contributed by atoms with E-state index in [1.807, 2.05) is 0 Å². The van der Waals surface area contributed by atoms with Gasteiger partial charge in [0.2, 0.25) is 0 Å². The van der Waals surface area contributed by atoms with Crippen molar-refractivity contribution in [2.45, 2.75) is 18.6 Å². The Morgan fingerprint density at radius 3 is 2.33 bits per heavy atom. The molecule has 1 saturated heterocycles. The summed E-state index contributed by atoms with van der Waals surface area (Å²) in [4.78, 5) is 0. The van der Waals surface area contributed by atoms with Gasteiger partial charge in [0.25, 0.3) is 0 Å². The van der Waals surface area contributed by atoms with E-state index < -0.39 is 5.79 Å². The Morgan fingerprint density at radius 2 is 2.00 bits per heavy atom. The van der Waals surface area contributed by atoms with Gasteiger partial charge in [0.05, 0.1) is 0 Å². The minimum absolute atomic E-state index is 0.698. The summed E-state index contributed by atoms with van der Waals surface area (Å²) >= 11 is 0. The van der Waals surface area contributed by atoms with Gasteiger partial charge in [-0.3, -0.25) is 0 Å². The van der Waals surface area contributed by atoms with Crippen LogP contribution in [0.5, 0.6) is 0 Å². The van der Waals surface area contributed by atoms with Crippen LogP contribution >= 0.6 is 0 Å². The van der Waals surface area contributed by atoms with Gasteiger partial charge in [-0.2, -0.15) is 0 Å². The standard InChI is InChI=1S/C6H13NO2/c1-9-6(8)2-4-7-5-3-6/h7-8H,2-5H2,1H3. The first-order valence-electron chi connectivity index (χ1n) is 3.25. The lowest BCUT2D eigenvalue weighted by Crippen LogP contribution is -2.43. The Bertz CT molecular complexity index is 89.1. The number of methoxy groups -OCH3 is 1. The maximum atomic E-state index is 9.42. The summed E-state index contributed by atoms with van der Waals surface area (Å²) in [6.45, 7) is 1.70. The van der Waals surface area contributed by atoms with Gasteiger partial charge in [-0.25, -0.2) is 0 Å². The molecular weight excluding hydrogens is 118 g/mol. The molecular formula is C6H13NO2. The van der Waals surface area contributed by atoms with Crippen LogP contribution < -0.4 is 5.32 Å². The van der Waals surface area contributed by atoms with Gasteiger partial charge in [-0.1, -0.05) is 0 Å². The van der Waals surface area contributed by atoms with Gasteiger partial charge >= 0.3 is 0 Å². The van der Waals surface area contributed by atoms with Crippen molar-refractivity contribution in [2.24, 2.45) is 0 Å². The van der Waals surface area contributed by atoms with Crippen LogP contribution in [0.1, 0.15) is 12.8 Å². The van der Waals surface area contributed by atoms with Gasteiger partial charge in [0.1, 0.15) is 0 Å². The van der Waals surface area contributed by atoms with Crippen LogP contribution in [-0.2, 0) is 4.74 Å². The minimum atomic E-state index is -0.842. The number of ether oxygens (including phenoxy) is 1. The molecule has 1 aliphatic rings. The van der Waals surface area contributed by atoms with Gasteiger partial charge in [-0.15, -0.1) is 0 Å². The lowest BCUT2D eigenvalue weighted by Gasteiger charge is -2.30. The molecule has 1 rings (SSSR count). The molecule has 2 N–H and O–H groups in total. The summed E-state index contributed by atoms with van der Waals surface area (Å²) in [5.74, 6) is -0.842. The number of piperidine rings is 1. The summed E-state index contributed by atoms with van der Waals surface area (Å²) in [6, 6.07) is 0. The van der Waals surface area contributed by atoms with E-state index in [0.717, 1.165) is 13.1 Å². The number of aliphatic hydroxyl groups is 1. The normalized spacial score (nSPS) is 26.0. The topological polar surface area (TPSA) is 41.5 Å². The van der Waals surface area contributed by atoms with Crippen LogP contribution in [0.3, 0.4) is 0 Å². The molecule has 1 fully saturated rings. The fraction of sp³-hybridized carbons (Fsp3) is 1.00. The maximum Gasteiger partial charge on any atom is 0.167 e. The summed E-state index contributed by atoms with van der Waals surface area (Å²) in [6.07, 6.45) is 1.40. The second-order valence-corrected chi connectivity index (χ2v) is 2.40. The van der Waals surface area contributed by atoms with Crippen molar-refractivity contribution < 1.29 is 9.84 Å². The van der Waals surface area contributed by atoms with E-state index in [9.17, 15) is 5.11 Å². The summed E-state index contributed by atoms with van der Waals surface area (Å²) in [5.41, 5.74) is 0. The SMILES string of the molecule is COC1(O)CCNCC1. The third kappa shape index (κ3) is 1.64. The summed E-state index contributed by atoms with van der Waals surface area (Å²) in [5, 5.41) is 12.6. The molecule has 0 aromatic rings. The molecule has 0 saturated carbocycles.